The number of anilines is 6. The molecule has 0 radical (unpaired) electrons. The lowest BCUT2D eigenvalue weighted by molar-refractivity contribution is 0.669. The molecule has 1 heterocycles. The molecule has 2 aliphatic rings. The van der Waals surface area contributed by atoms with Crippen molar-refractivity contribution in [1.82, 2.24) is 0 Å². The van der Waals surface area contributed by atoms with E-state index in [9.17, 15) is 0 Å². The molecule has 64 heavy (non-hydrogen) atoms. The number of rotatable bonds is 7. The van der Waals surface area contributed by atoms with Crippen molar-refractivity contribution in [2.24, 2.45) is 0 Å². The summed E-state index contributed by atoms with van der Waals surface area (Å²) in [5.74, 6) is 0. The predicted molar refractivity (Wildman–Crippen MR) is 265 cm³/mol. The molecule has 11 aromatic rings. The fraction of sp³-hybridized carbons (Fsp3) is 0.0164. The SMILES string of the molecule is c1ccc(-c2ccccc2N(c2ccccc2)c2cccc3c2-c2ccccc2C32c3ccccc3-c3ccc(N(c4ccccc4)c4ccc5oc6ccccc6c5c4)cc32)cc1. The van der Waals surface area contributed by atoms with Gasteiger partial charge in [0.05, 0.1) is 16.8 Å². The van der Waals surface area contributed by atoms with E-state index in [1.54, 1.807) is 0 Å². The van der Waals surface area contributed by atoms with Crippen molar-refractivity contribution < 1.29 is 4.42 Å². The molecule has 0 bridgehead atoms. The van der Waals surface area contributed by atoms with Gasteiger partial charge in [0.15, 0.2) is 0 Å². The smallest absolute Gasteiger partial charge is 0.135 e. The number of para-hydroxylation sites is 4. The lowest BCUT2D eigenvalue weighted by Gasteiger charge is -2.33. The maximum absolute atomic E-state index is 6.31. The number of benzene rings is 10. The Morgan fingerprint density at radius 1 is 0.297 bits per heavy atom. The average molecular weight is 817 g/mol. The number of nitrogens with zero attached hydrogens (tertiary/aromatic N) is 2. The van der Waals surface area contributed by atoms with Gasteiger partial charge in [-0.2, -0.15) is 0 Å². The molecular weight excluding hydrogens is 777 g/mol. The molecule has 10 aromatic carbocycles. The first-order valence-electron chi connectivity index (χ1n) is 22.0. The van der Waals surface area contributed by atoms with Crippen LogP contribution >= 0.6 is 0 Å². The molecule has 0 N–H and O–H groups in total. The highest BCUT2D eigenvalue weighted by Gasteiger charge is 2.52. The Labute approximate surface area is 372 Å². The first-order chi connectivity index (χ1) is 31.8. The van der Waals surface area contributed by atoms with E-state index >= 15 is 0 Å². The van der Waals surface area contributed by atoms with Crippen LogP contribution in [-0.2, 0) is 5.41 Å². The van der Waals surface area contributed by atoms with Gasteiger partial charge in [0.2, 0.25) is 0 Å². The van der Waals surface area contributed by atoms with Crippen LogP contribution in [0.25, 0.3) is 55.3 Å². The summed E-state index contributed by atoms with van der Waals surface area (Å²) in [7, 11) is 0. The highest BCUT2D eigenvalue weighted by molar-refractivity contribution is 6.07. The standard InChI is InChI=1S/C61H40N2O/c1-4-19-41(20-5-1)46-25-12-16-32-56(46)63(43-23-8-3-9-24-43)57-33-18-31-54-60(57)50-28-11-15-30-53(50)61(54)52-29-14-10-26-47(52)48-37-35-45(40-55(48)61)62(42-21-6-2-7-22-42)44-36-38-59-51(39-44)49-27-13-17-34-58(49)64-59/h1-40H. The molecule has 0 fully saturated rings. The van der Waals surface area contributed by atoms with Gasteiger partial charge in [0.1, 0.15) is 11.2 Å². The molecular formula is C61H40N2O. The van der Waals surface area contributed by atoms with E-state index in [4.69, 9.17) is 4.42 Å². The topological polar surface area (TPSA) is 19.6 Å². The molecule has 1 spiro atoms. The summed E-state index contributed by atoms with van der Waals surface area (Å²) < 4.78 is 6.31. The fourth-order valence-corrected chi connectivity index (χ4v) is 10.9. The first-order valence-corrected chi connectivity index (χ1v) is 22.0. The minimum Gasteiger partial charge on any atom is -0.456 e. The van der Waals surface area contributed by atoms with Crippen LogP contribution in [0.2, 0.25) is 0 Å². The maximum Gasteiger partial charge on any atom is 0.135 e. The summed E-state index contributed by atoms with van der Waals surface area (Å²) >= 11 is 0. The molecule has 300 valence electrons. The minimum absolute atomic E-state index is 0.585. The van der Waals surface area contributed by atoms with E-state index in [1.165, 1.54) is 55.6 Å². The second-order valence-electron chi connectivity index (χ2n) is 16.8. The van der Waals surface area contributed by atoms with Crippen LogP contribution in [-0.4, -0.2) is 0 Å². The lowest BCUT2D eigenvalue weighted by Crippen LogP contribution is -2.26. The molecule has 3 heteroatoms. The van der Waals surface area contributed by atoms with Crippen molar-refractivity contribution in [2.45, 2.75) is 5.41 Å². The van der Waals surface area contributed by atoms with E-state index in [-0.39, 0.29) is 0 Å². The molecule has 0 saturated carbocycles. The van der Waals surface area contributed by atoms with Gasteiger partial charge in [-0.25, -0.2) is 0 Å². The Balaban J connectivity index is 1.07. The van der Waals surface area contributed by atoms with Gasteiger partial charge in [-0.1, -0.05) is 170 Å². The van der Waals surface area contributed by atoms with Crippen molar-refractivity contribution >= 4 is 56.1 Å². The summed E-state index contributed by atoms with van der Waals surface area (Å²) in [6, 6.07) is 88.3. The van der Waals surface area contributed by atoms with E-state index in [1.807, 2.05) is 12.1 Å². The third-order valence-electron chi connectivity index (χ3n) is 13.5. The van der Waals surface area contributed by atoms with Gasteiger partial charge in [0.25, 0.3) is 0 Å². The van der Waals surface area contributed by atoms with Crippen LogP contribution in [0.4, 0.5) is 34.1 Å². The van der Waals surface area contributed by atoms with Crippen LogP contribution in [0.15, 0.2) is 247 Å². The Kier molecular flexibility index (Phi) is 8.13. The summed E-state index contributed by atoms with van der Waals surface area (Å²) in [5, 5.41) is 2.21. The first kappa shape index (κ1) is 36.3. The maximum atomic E-state index is 6.31. The molecule has 1 aromatic heterocycles. The fourth-order valence-electron chi connectivity index (χ4n) is 10.9. The number of hydrogen-bond acceptors (Lipinski definition) is 3. The second-order valence-corrected chi connectivity index (χ2v) is 16.8. The monoisotopic (exact) mass is 816 g/mol. The summed E-state index contributed by atoms with van der Waals surface area (Å²) in [6.45, 7) is 0. The van der Waals surface area contributed by atoms with E-state index in [2.05, 4.69) is 240 Å². The zero-order valence-corrected chi connectivity index (χ0v) is 34.9. The van der Waals surface area contributed by atoms with Crippen LogP contribution in [0.3, 0.4) is 0 Å². The molecule has 0 amide bonds. The zero-order chi connectivity index (χ0) is 42.2. The van der Waals surface area contributed by atoms with Crippen LogP contribution < -0.4 is 9.80 Å². The van der Waals surface area contributed by atoms with Gasteiger partial charge < -0.3 is 14.2 Å². The van der Waals surface area contributed by atoms with E-state index in [0.29, 0.717) is 0 Å². The minimum atomic E-state index is -0.585. The van der Waals surface area contributed by atoms with E-state index < -0.39 is 5.41 Å². The largest absolute Gasteiger partial charge is 0.456 e. The second kappa shape index (κ2) is 14.3. The molecule has 1 unspecified atom stereocenters. The highest BCUT2D eigenvalue weighted by atomic mass is 16.3. The number of furan rings is 1. The Morgan fingerprint density at radius 2 is 0.828 bits per heavy atom. The quantitative estimate of drug-likeness (QED) is 0.160. The van der Waals surface area contributed by atoms with Gasteiger partial charge in [0, 0.05) is 44.6 Å². The highest BCUT2D eigenvalue weighted by Crippen LogP contribution is 2.65. The third-order valence-corrected chi connectivity index (χ3v) is 13.5. The number of hydrogen-bond donors (Lipinski definition) is 0. The normalized spacial score (nSPS) is 14.3. The predicted octanol–water partition coefficient (Wildman–Crippen LogP) is 16.5. The van der Waals surface area contributed by atoms with Gasteiger partial charge >= 0.3 is 0 Å². The molecule has 1 atom stereocenters. The van der Waals surface area contributed by atoms with Gasteiger partial charge in [-0.15, -0.1) is 0 Å². The van der Waals surface area contributed by atoms with Crippen LogP contribution in [0, 0.1) is 0 Å². The summed E-state index contributed by atoms with van der Waals surface area (Å²) in [4.78, 5) is 4.87. The molecule has 3 nitrogen and oxygen atoms in total. The zero-order valence-electron chi connectivity index (χ0n) is 34.9. The van der Waals surface area contributed by atoms with Crippen molar-refractivity contribution in [3.8, 4) is 33.4 Å². The Hall–Kier alpha value is -8.40. The van der Waals surface area contributed by atoms with Crippen molar-refractivity contribution in [1.29, 1.82) is 0 Å². The Bertz CT molecular complexity index is 3580. The average Bonchev–Trinajstić information content (AvgIpc) is 3.99. The lowest BCUT2D eigenvalue weighted by atomic mass is 9.70. The summed E-state index contributed by atoms with van der Waals surface area (Å²) in [5.41, 5.74) is 20.3. The third kappa shape index (κ3) is 5.28. The number of fused-ring (bicyclic) bond motifs is 13. The van der Waals surface area contributed by atoms with Crippen molar-refractivity contribution in [2.75, 3.05) is 9.80 Å². The van der Waals surface area contributed by atoms with Crippen molar-refractivity contribution in [3.05, 3.63) is 265 Å². The van der Waals surface area contributed by atoms with Gasteiger partial charge in [-0.3, -0.25) is 0 Å². The van der Waals surface area contributed by atoms with Crippen LogP contribution in [0.1, 0.15) is 22.3 Å². The van der Waals surface area contributed by atoms with Crippen LogP contribution in [0.5, 0.6) is 0 Å². The Morgan fingerprint density at radius 3 is 1.61 bits per heavy atom. The molecule has 0 saturated heterocycles. The van der Waals surface area contributed by atoms with Crippen molar-refractivity contribution in [3.63, 3.8) is 0 Å². The molecule has 13 rings (SSSR count). The molecule has 0 aliphatic heterocycles. The summed E-state index contributed by atoms with van der Waals surface area (Å²) in [6.07, 6.45) is 0. The molecule has 2 aliphatic carbocycles. The van der Waals surface area contributed by atoms with Gasteiger partial charge in [-0.05, 0) is 117 Å². The van der Waals surface area contributed by atoms with E-state index in [0.717, 1.165) is 56.1 Å².